The molecule has 1 fully saturated rings. The van der Waals surface area contributed by atoms with Gasteiger partial charge in [0.15, 0.2) is 0 Å². The van der Waals surface area contributed by atoms with Crippen LogP contribution in [0.4, 0.5) is 0 Å². The van der Waals surface area contributed by atoms with Gasteiger partial charge in [-0.15, -0.1) is 11.3 Å². The van der Waals surface area contributed by atoms with Crippen molar-refractivity contribution >= 4 is 33.2 Å². The predicted molar refractivity (Wildman–Crippen MR) is 92.4 cm³/mol. The largest absolute Gasteiger partial charge is 0.377 e. The van der Waals surface area contributed by atoms with Gasteiger partial charge < -0.3 is 9.64 Å². The second-order valence-electron chi connectivity index (χ2n) is 5.71. The number of carbonyl (C=O) groups is 1. The zero-order valence-electron chi connectivity index (χ0n) is 12.6. The van der Waals surface area contributed by atoms with Crippen molar-refractivity contribution < 1.29 is 9.53 Å². The van der Waals surface area contributed by atoms with Crippen LogP contribution in [0.5, 0.6) is 0 Å². The number of carbonyl (C=O) groups excluding carboxylic acids is 1. The lowest BCUT2D eigenvalue weighted by Gasteiger charge is -2.44. The number of thiophene rings is 1. The Morgan fingerprint density at radius 2 is 2.09 bits per heavy atom. The topological polar surface area (TPSA) is 29.5 Å². The van der Waals surface area contributed by atoms with E-state index in [0.717, 1.165) is 20.5 Å². The van der Waals surface area contributed by atoms with Gasteiger partial charge in [-0.25, -0.2) is 0 Å². The number of nitrogens with zero attached hydrogens (tertiary/aromatic N) is 1. The molecule has 1 saturated heterocycles. The summed E-state index contributed by atoms with van der Waals surface area (Å²) in [5, 5.41) is 2.01. The number of hydrogen-bond acceptors (Lipinski definition) is 3. The van der Waals surface area contributed by atoms with E-state index in [4.69, 9.17) is 4.74 Å². The second-order valence-corrected chi connectivity index (χ2v) is 7.38. The smallest absolute Gasteiger partial charge is 0.265 e. The molecule has 2 heterocycles. The first-order valence-electron chi connectivity index (χ1n) is 7.23. The summed E-state index contributed by atoms with van der Waals surface area (Å²) in [6, 6.07) is 10.1. The van der Waals surface area contributed by atoms with E-state index in [1.165, 1.54) is 11.3 Å². The molecule has 0 bridgehead atoms. The van der Waals surface area contributed by atoms with Crippen LogP contribution in [-0.2, 0) is 10.3 Å². The maximum absolute atomic E-state index is 13.1. The summed E-state index contributed by atoms with van der Waals surface area (Å²) in [7, 11) is 0. The molecule has 1 atom stereocenters. The molecule has 0 saturated carbocycles. The van der Waals surface area contributed by atoms with Crippen LogP contribution in [0.15, 0.2) is 40.2 Å². The Hall–Kier alpha value is -1.17. The minimum atomic E-state index is -0.437. The first-order valence-corrected chi connectivity index (χ1v) is 8.90. The van der Waals surface area contributed by atoms with E-state index in [0.29, 0.717) is 19.8 Å². The fourth-order valence-corrected chi connectivity index (χ4v) is 4.41. The Morgan fingerprint density at radius 1 is 1.36 bits per heavy atom. The van der Waals surface area contributed by atoms with Gasteiger partial charge in [0.1, 0.15) is 4.88 Å². The van der Waals surface area contributed by atoms with Crippen LogP contribution >= 0.6 is 27.3 Å². The molecule has 0 spiro atoms. The molecule has 2 aromatic rings. The van der Waals surface area contributed by atoms with Gasteiger partial charge in [-0.05, 0) is 46.3 Å². The molecule has 22 heavy (non-hydrogen) atoms. The van der Waals surface area contributed by atoms with Crippen molar-refractivity contribution in [3.63, 3.8) is 0 Å². The van der Waals surface area contributed by atoms with Gasteiger partial charge in [-0.2, -0.15) is 0 Å². The lowest BCUT2D eigenvalue weighted by atomic mass is 9.89. The number of amides is 1. The molecule has 0 radical (unpaired) electrons. The van der Waals surface area contributed by atoms with Gasteiger partial charge in [0.05, 0.1) is 18.8 Å². The lowest BCUT2D eigenvalue weighted by molar-refractivity contribution is -0.0479. The van der Waals surface area contributed by atoms with Gasteiger partial charge in [-0.1, -0.05) is 30.3 Å². The molecule has 5 heteroatoms. The second kappa shape index (κ2) is 6.14. The summed E-state index contributed by atoms with van der Waals surface area (Å²) in [5.41, 5.74) is 1.77. The molecule has 1 aromatic heterocycles. The summed E-state index contributed by atoms with van der Waals surface area (Å²) in [5.74, 6) is 0.0691. The summed E-state index contributed by atoms with van der Waals surface area (Å²) in [6.45, 7) is 5.79. The van der Waals surface area contributed by atoms with Gasteiger partial charge in [-0.3, -0.25) is 4.79 Å². The average Bonchev–Trinajstić information content (AvgIpc) is 2.88. The van der Waals surface area contributed by atoms with E-state index in [1.54, 1.807) is 0 Å². The number of rotatable bonds is 2. The lowest BCUT2D eigenvalue weighted by Crippen LogP contribution is -2.55. The predicted octanol–water partition coefficient (Wildman–Crippen LogP) is 4.21. The molecular weight excluding hydrogens is 362 g/mol. The first kappa shape index (κ1) is 15.7. The van der Waals surface area contributed by atoms with Crippen molar-refractivity contribution in [1.29, 1.82) is 0 Å². The van der Waals surface area contributed by atoms with E-state index in [9.17, 15) is 4.79 Å². The quantitative estimate of drug-likeness (QED) is 0.781. The monoisotopic (exact) mass is 379 g/mol. The van der Waals surface area contributed by atoms with E-state index < -0.39 is 5.54 Å². The molecule has 3 nitrogen and oxygen atoms in total. The highest BCUT2D eigenvalue weighted by Gasteiger charge is 2.41. The van der Waals surface area contributed by atoms with E-state index in [2.05, 4.69) is 35.0 Å². The van der Waals surface area contributed by atoms with Gasteiger partial charge >= 0.3 is 0 Å². The maximum atomic E-state index is 13.1. The SMILES string of the molecule is Cc1csc(C(=O)N2CCOCC2(C)c2ccccc2)c1Br. The van der Waals surface area contributed by atoms with Crippen LogP contribution < -0.4 is 0 Å². The molecule has 0 N–H and O–H groups in total. The summed E-state index contributed by atoms with van der Waals surface area (Å²) >= 11 is 5.04. The number of ether oxygens (including phenoxy) is 1. The number of halogens is 1. The number of morpholine rings is 1. The first-order chi connectivity index (χ1) is 10.5. The Labute approximate surface area is 143 Å². The molecule has 1 unspecified atom stereocenters. The van der Waals surface area contributed by atoms with Crippen molar-refractivity contribution in [2.45, 2.75) is 19.4 Å². The molecule has 3 rings (SSSR count). The Kier molecular flexibility index (Phi) is 4.39. The standard InChI is InChI=1S/C17H18BrNO2S/c1-12-10-22-15(14(12)18)16(20)19-8-9-21-11-17(19,2)13-6-4-3-5-7-13/h3-7,10H,8-9,11H2,1-2H3. The molecular formula is C17H18BrNO2S. The van der Waals surface area contributed by atoms with E-state index in [-0.39, 0.29) is 5.91 Å². The summed E-state index contributed by atoms with van der Waals surface area (Å²) < 4.78 is 6.60. The van der Waals surface area contributed by atoms with Crippen LogP contribution in [0.3, 0.4) is 0 Å². The maximum Gasteiger partial charge on any atom is 0.265 e. The number of hydrogen-bond donors (Lipinski definition) is 0. The Balaban J connectivity index is 2.00. The van der Waals surface area contributed by atoms with Gasteiger partial charge in [0.25, 0.3) is 5.91 Å². The van der Waals surface area contributed by atoms with E-state index in [1.807, 2.05) is 35.4 Å². The van der Waals surface area contributed by atoms with E-state index >= 15 is 0 Å². The van der Waals surface area contributed by atoms with Crippen molar-refractivity contribution in [3.05, 3.63) is 56.2 Å². The molecule has 1 aliphatic rings. The van der Waals surface area contributed by atoms with Crippen LogP contribution in [0, 0.1) is 6.92 Å². The summed E-state index contributed by atoms with van der Waals surface area (Å²) in [4.78, 5) is 15.8. The number of aryl methyl sites for hydroxylation is 1. The summed E-state index contributed by atoms with van der Waals surface area (Å²) in [6.07, 6.45) is 0. The van der Waals surface area contributed by atoms with Gasteiger partial charge in [0, 0.05) is 11.0 Å². The fraction of sp³-hybridized carbons (Fsp3) is 0.353. The highest BCUT2D eigenvalue weighted by Crippen LogP contribution is 2.36. The molecule has 1 aliphatic heterocycles. The zero-order chi connectivity index (χ0) is 15.7. The van der Waals surface area contributed by atoms with Crippen molar-refractivity contribution in [3.8, 4) is 0 Å². The van der Waals surface area contributed by atoms with Crippen molar-refractivity contribution in [2.75, 3.05) is 19.8 Å². The zero-order valence-corrected chi connectivity index (χ0v) is 15.0. The third-order valence-corrected chi connectivity index (χ3v) is 6.54. The Bertz CT molecular complexity index is 685. The van der Waals surface area contributed by atoms with Crippen molar-refractivity contribution in [2.24, 2.45) is 0 Å². The van der Waals surface area contributed by atoms with Crippen LogP contribution in [0.1, 0.15) is 27.7 Å². The highest BCUT2D eigenvalue weighted by atomic mass is 79.9. The highest BCUT2D eigenvalue weighted by molar-refractivity contribution is 9.10. The fourth-order valence-electron chi connectivity index (χ4n) is 2.81. The van der Waals surface area contributed by atoms with Crippen LogP contribution in [0.25, 0.3) is 0 Å². The molecule has 1 aromatic carbocycles. The average molecular weight is 380 g/mol. The molecule has 0 aliphatic carbocycles. The third kappa shape index (κ3) is 2.62. The minimum Gasteiger partial charge on any atom is -0.377 e. The normalized spacial score (nSPS) is 21.9. The molecule has 116 valence electrons. The molecule has 1 amide bonds. The van der Waals surface area contributed by atoms with Gasteiger partial charge in [0.2, 0.25) is 0 Å². The van der Waals surface area contributed by atoms with Crippen LogP contribution in [0.2, 0.25) is 0 Å². The Morgan fingerprint density at radius 3 is 2.73 bits per heavy atom. The van der Waals surface area contributed by atoms with Crippen molar-refractivity contribution in [1.82, 2.24) is 4.90 Å². The minimum absolute atomic E-state index is 0.0691. The third-order valence-electron chi connectivity index (χ3n) is 4.17. The number of benzene rings is 1. The van der Waals surface area contributed by atoms with Crippen LogP contribution in [-0.4, -0.2) is 30.6 Å².